The van der Waals surface area contributed by atoms with Crippen LogP contribution in [0, 0.1) is 3.57 Å². The van der Waals surface area contributed by atoms with Crippen molar-refractivity contribution in [3.05, 3.63) is 96.5 Å². The van der Waals surface area contributed by atoms with Crippen molar-refractivity contribution in [1.29, 1.82) is 0 Å². The summed E-state index contributed by atoms with van der Waals surface area (Å²) in [6.45, 7) is 0. The molecule has 0 radical (unpaired) electrons. The third-order valence-corrected chi connectivity index (χ3v) is 5.49. The van der Waals surface area contributed by atoms with Gasteiger partial charge < -0.3 is 5.11 Å². The third-order valence-electron chi connectivity index (χ3n) is 4.29. The molecule has 4 nitrogen and oxygen atoms in total. The van der Waals surface area contributed by atoms with Crippen LogP contribution in [0.4, 0.5) is 0 Å². The first-order valence-corrected chi connectivity index (χ1v) is 10.3. The average Bonchev–Trinajstić information content (AvgIpc) is 2.69. The summed E-state index contributed by atoms with van der Waals surface area (Å²) in [4.78, 5) is 18.0. The lowest BCUT2D eigenvalue weighted by molar-refractivity contribution is 0.474. The minimum atomic E-state index is -0.136. The van der Waals surface area contributed by atoms with E-state index in [2.05, 4.69) is 38.5 Å². The molecular weight excluding hydrogens is 531 g/mol. The second kappa shape index (κ2) is 7.89. The highest BCUT2D eigenvalue weighted by atomic mass is 127. The van der Waals surface area contributed by atoms with E-state index in [9.17, 15) is 9.90 Å². The van der Waals surface area contributed by atoms with Crippen LogP contribution in [0.3, 0.4) is 0 Å². The lowest BCUT2D eigenvalue weighted by Crippen LogP contribution is -2.22. The molecule has 4 rings (SSSR count). The number of rotatable bonds is 3. The normalized spacial score (nSPS) is 11.4. The first-order chi connectivity index (χ1) is 13.5. The van der Waals surface area contributed by atoms with E-state index in [0.29, 0.717) is 22.3 Å². The van der Waals surface area contributed by atoms with Crippen LogP contribution in [-0.2, 0) is 0 Å². The maximum absolute atomic E-state index is 13.3. The van der Waals surface area contributed by atoms with Gasteiger partial charge in [0, 0.05) is 13.6 Å². The van der Waals surface area contributed by atoms with Gasteiger partial charge >= 0.3 is 0 Å². The highest BCUT2D eigenvalue weighted by Crippen LogP contribution is 2.21. The second-order valence-electron chi connectivity index (χ2n) is 6.14. The largest absolute Gasteiger partial charge is 0.507 e. The Kier molecular flexibility index (Phi) is 5.32. The number of phenolic OH excluding ortho intramolecular Hbond substituents is 1. The Morgan fingerprint density at radius 1 is 1.00 bits per heavy atom. The van der Waals surface area contributed by atoms with Gasteiger partial charge in [-0.25, -0.2) is 4.98 Å². The number of aromatic hydroxyl groups is 1. The molecule has 0 spiro atoms. The lowest BCUT2D eigenvalue weighted by Gasteiger charge is -2.12. The first kappa shape index (κ1) is 18.9. The van der Waals surface area contributed by atoms with Gasteiger partial charge in [0.05, 0.1) is 16.6 Å². The minimum absolute atomic E-state index is 0.136. The van der Waals surface area contributed by atoms with Gasteiger partial charge in [-0.15, -0.1) is 0 Å². The molecule has 0 aliphatic carbocycles. The molecule has 0 saturated carbocycles. The summed E-state index contributed by atoms with van der Waals surface area (Å²) in [6.07, 6.45) is 3.50. The van der Waals surface area contributed by atoms with E-state index < -0.39 is 0 Å². The van der Waals surface area contributed by atoms with E-state index >= 15 is 0 Å². The number of aromatic nitrogens is 2. The molecule has 0 unspecified atom stereocenters. The van der Waals surface area contributed by atoms with E-state index in [-0.39, 0.29) is 11.3 Å². The Morgan fingerprint density at radius 2 is 1.75 bits per heavy atom. The fraction of sp³-hybridized carbons (Fsp3) is 0. The number of benzene rings is 3. The van der Waals surface area contributed by atoms with Crippen LogP contribution in [0.25, 0.3) is 28.7 Å². The molecule has 4 aromatic rings. The Morgan fingerprint density at radius 3 is 2.50 bits per heavy atom. The van der Waals surface area contributed by atoms with Gasteiger partial charge in [-0.1, -0.05) is 34.1 Å². The number of fused-ring (bicyclic) bond motifs is 1. The summed E-state index contributed by atoms with van der Waals surface area (Å²) < 4.78 is 3.49. The van der Waals surface area contributed by atoms with Gasteiger partial charge in [0.1, 0.15) is 11.6 Å². The Labute approximate surface area is 183 Å². The molecule has 3 aromatic carbocycles. The summed E-state index contributed by atoms with van der Waals surface area (Å²) in [7, 11) is 0. The Hall–Kier alpha value is -2.45. The number of nitrogens with zero attached hydrogens (tertiary/aromatic N) is 2. The van der Waals surface area contributed by atoms with E-state index in [4.69, 9.17) is 4.98 Å². The highest BCUT2D eigenvalue weighted by Gasteiger charge is 2.12. The van der Waals surface area contributed by atoms with Crippen molar-refractivity contribution < 1.29 is 5.11 Å². The quantitative estimate of drug-likeness (QED) is 0.340. The predicted molar refractivity (Wildman–Crippen MR) is 125 cm³/mol. The zero-order valence-electron chi connectivity index (χ0n) is 14.5. The molecule has 0 aliphatic rings. The fourth-order valence-electron chi connectivity index (χ4n) is 2.92. The number of hydrogen-bond donors (Lipinski definition) is 1. The van der Waals surface area contributed by atoms with Crippen molar-refractivity contribution in [2.75, 3.05) is 0 Å². The summed E-state index contributed by atoms with van der Waals surface area (Å²) in [6, 6.07) is 20.2. The second-order valence-corrected chi connectivity index (χ2v) is 8.30. The Bertz CT molecular complexity index is 1260. The maximum atomic E-state index is 13.3. The van der Waals surface area contributed by atoms with Gasteiger partial charge in [-0.2, -0.15) is 0 Å². The predicted octanol–water partition coefficient (Wildman–Crippen LogP) is 5.63. The molecule has 0 aliphatic heterocycles. The van der Waals surface area contributed by atoms with Crippen LogP contribution >= 0.6 is 38.5 Å². The van der Waals surface area contributed by atoms with Crippen LogP contribution in [0.5, 0.6) is 5.75 Å². The number of halogens is 2. The number of para-hydroxylation sites is 1. The third kappa shape index (κ3) is 3.74. The smallest absolute Gasteiger partial charge is 0.266 e. The summed E-state index contributed by atoms with van der Waals surface area (Å²) in [5, 5.41) is 10.6. The molecule has 1 N–H and O–H groups in total. The SMILES string of the molecule is O=c1c2cc(I)ccc2nc(C=Cc2ccccc2O)n1-c1ccc(Br)cc1. The molecular formula is C22H14BrIN2O2. The van der Waals surface area contributed by atoms with Crippen LogP contribution in [0.15, 0.2) is 76.0 Å². The highest BCUT2D eigenvalue weighted by molar-refractivity contribution is 14.1. The summed E-state index contributed by atoms with van der Waals surface area (Å²) in [5.74, 6) is 0.663. The van der Waals surface area contributed by atoms with Crippen molar-refractivity contribution in [2.24, 2.45) is 0 Å². The standard InChI is InChI=1S/C22H14BrIN2O2/c23-15-6-9-17(10-7-15)26-21(12-5-14-3-1-2-4-20(14)27)25-19-11-8-16(24)13-18(19)22(26)28/h1-13,27H. The molecule has 1 aromatic heterocycles. The van der Waals surface area contributed by atoms with E-state index in [1.54, 1.807) is 34.9 Å². The minimum Gasteiger partial charge on any atom is -0.507 e. The van der Waals surface area contributed by atoms with Crippen molar-refractivity contribution in [3.8, 4) is 11.4 Å². The fourth-order valence-corrected chi connectivity index (χ4v) is 3.67. The maximum Gasteiger partial charge on any atom is 0.266 e. The van der Waals surface area contributed by atoms with E-state index in [1.165, 1.54) is 0 Å². The van der Waals surface area contributed by atoms with Gasteiger partial charge in [0.15, 0.2) is 0 Å². The number of phenols is 1. The molecule has 0 fully saturated rings. The van der Waals surface area contributed by atoms with Crippen molar-refractivity contribution >= 4 is 61.6 Å². The van der Waals surface area contributed by atoms with E-state index in [1.807, 2.05) is 48.5 Å². The zero-order chi connectivity index (χ0) is 19.7. The average molecular weight is 545 g/mol. The topological polar surface area (TPSA) is 55.1 Å². The van der Waals surface area contributed by atoms with Gasteiger partial charge in [-0.3, -0.25) is 9.36 Å². The van der Waals surface area contributed by atoms with Gasteiger partial charge in [-0.05, 0) is 83.3 Å². The van der Waals surface area contributed by atoms with Gasteiger partial charge in [0.25, 0.3) is 5.56 Å². The van der Waals surface area contributed by atoms with Crippen LogP contribution in [-0.4, -0.2) is 14.7 Å². The lowest BCUT2D eigenvalue weighted by atomic mass is 10.2. The molecule has 0 atom stereocenters. The molecule has 0 saturated heterocycles. The molecule has 28 heavy (non-hydrogen) atoms. The van der Waals surface area contributed by atoms with Crippen LogP contribution in [0.1, 0.15) is 11.4 Å². The summed E-state index contributed by atoms with van der Waals surface area (Å²) >= 11 is 5.62. The van der Waals surface area contributed by atoms with Crippen molar-refractivity contribution in [2.45, 2.75) is 0 Å². The molecule has 0 bridgehead atoms. The first-order valence-electron chi connectivity index (χ1n) is 8.47. The van der Waals surface area contributed by atoms with E-state index in [0.717, 1.165) is 13.7 Å². The monoisotopic (exact) mass is 544 g/mol. The summed E-state index contributed by atoms with van der Waals surface area (Å²) in [5.41, 5.74) is 1.87. The van der Waals surface area contributed by atoms with Crippen LogP contribution in [0.2, 0.25) is 0 Å². The molecule has 6 heteroatoms. The van der Waals surface area contributed by atoms with Gasteiger partial charge in [0.2, 0.25) is 0 Å². The van der Waals surface area contributed by atoms with Crippen molar-refractivity contribution in [1.82, 2.24) is 9.55 Å². The number of hydrogen-bond acceptors (Lipinski definition) is 3. The molecule has 1 heterocycles. The van der Waals surface area contributed by atoms with Crippen molar-refractivity contribution in [3.63, 3.8) is 0 Å². The van der Waals surface area contributed by atoms with Crippen LogP contribution < -0.4 is 5.56 Å². The molecule has 0 amide bonds. The zero-order valence-corrected chi connectivity index (χ0v) is 18.3. The molecule has 138 valence electrons. The Balaban J connectivity index is 1.97.